The normalized spacial score (nSPS) is 15.1. The van der Waals surface area contributed by atoms with Gasteiger partial charge in [0, 0.05) is 6.54 Å². The second-order valence-corrected chi connectivity index (χ2v) is 14.4. The highest BCUT2D eigenvalue weighted by Crippen LogP contribution is 2.43. The van der Waals surface area contributed by atoms with Crippen molar-refractivity contribution >= 4 is 35.8 Å². The molecule has 0 radical (unpaired) electrons. The minimum absolute atomic E-state index is 0. The summed E-state index contributed by atoms with van der Waals surface area (Å²) in [5.41, 5.74) is 7.76. The van der Waals surface area contributed by atoms with Gasteiger partial charge in [-0.2, -0.15) is 0 Å². The fraction of sp³-hybridized carbons (Fsp3) is 0.647. The van der Waals surface area contributed by atoms with Crippen LogP contribution in [0, 0.1) is 35.5 Å². The van der Waals surface area contributed by atoms with Crippen molar-refractivity contribution in [1.29, 1.82) is 0 Å². The fourth-order valence-electron chi connectivity index (χ4n) is 7.28. The van der Waals surface area contributed by atoms with Crippen molar-refractivity contribution in [3.05, 3.63) is 108 Å². The molecule has 9 unspecified atom stereocenters. The Bertz CT molecular complexity index is 1720. The van der Waals surface area contributed by atoms with Crippen LogP contribution in [0.4, 0.5) is 0 Å². The molecule has 0 aromatic heterocycles. The molecule has 3 aromatic carbocycles. The number of aliphatic carboxylic acids is 1. The number of ether oxygens (including phenoxy) is 2. The standard InChI is InChI=1S/C28H33NO6.C14H16O3.C2H7N.24CH4/c1-4-29-25(30)23(15-17(2)19-11-7-5-8-12-19)24(26(31)32)22(20-13-9-6-10-14-20)16-21-18(3)27(33)35-28(21)34;1-9(11-6-4-3-5-7-11)8-12-10(2)13(15)17-14(12)16;1-2-3;;;;;;;;;;;;;;;;;;;;;;;;/h5-14,17-18,21-24H,4,15-16H2,1-3H3,(H,29,30)(H,31,32);3-7,9-10,12H,8H2,1-2H3;2-3H2,1H3;24*1H4. The van der Waals surface area contributed by atoms with Gasteiger partial charge in [-0.05, 0) is 67.2 Å². The van der Waals surface area contributed by atoms with Crippen LogP contribution in [0.1, 0.15) is 273 Å². The van der Waals surface area contributed by atoms with Gasteiger partial charge in [-0.25, -0.2) is 0 Å². The predicted octanol–water partition coefficient (Wildman–Crippen LogP) is 21.9. The van der Waals surface area contributed by atoms with Gasteiger partial charge in [-0.15, -0.1) is 0 Å². The fourth-order valence-corrected chi connectivity index (χ4v) is 7.28. The Kier molecular flexibility index (Phi) is 134. The van der Waals surface area contributed by atoms with Gasteiger partial charge in [0.05, 0.1) is 35.5 Å². The van der Waals surface area contributed by atoms with E-state index in [1.54, 1.807) is 32.9 Å². The molecule has 2 fully saturated rings. The molecule has 0 aliphatic carbocycles. The monoisotopic (exact) mass is 1140 g/mol. The largest absolute Gasteiger partial charge is 0.481 e. The van der Waals surface area contributed by atoms with Crippen LogP contribution in [0.5, 0.6) is 0 Å². The van der Waals surface area contributed by atoms with Crippen LogP contribution in [0.15, 0.2) is 91.0 Å². The average Bonchev–Trinajstić information content (AvgIpc) is 3.56. The molecule has 3 aromatic rings. The third-order valence-corrected chi connectivity index (χ3v) is 10.5. The minimum Gasteiger partial charge on any atom is -0.481 e. The molecule has 79 heavy (non-hydrogen) atoms. The van der Waals surface area contributed by atoms with Gasteiger partial charge >= 0.3 is 29.8 Å². The van der Waals surface area contributed by atoms with Gasteiger partial charge in [0.2, 0.25) is 5.91 Å². The summed E-state index contributed by atoms with van der Waals surface area (Å²) in [6.07, 6.45) is 1.08. The van der Waals surface area contributed by atoms with Crippen LogP contribution in [0.3, 0.4) is 0 Å². The average molecular weight is 1140 g/mol. The zero-order valence-corrected chi connectivity index (χ0v) is 32.7. The van der Waals surface area contributed by atoms with Gasteiger partial charge in [0.15, 0.2) is 0 Å². The Hall–Kier alpha value is -5.16. The van der Waals surface area contributed by atoms with Gasteiger partial charge < -0.3 is 25.6 Å². The number of carboxylic acid groups (broad SMARTS) is 1. The second-order valence-electron chi connectivity index (χ2n) is 14.4. The molecule has 2 heterocycles. The number of benzene rings is 3. The first-order valence-corrected chi connectivity index (χ1v) is 19.1. The number of carbonyl (C=O) groups is 6. The molecule has 5 rings (SSSR count). The first-order chi connectivity index (χ1) is 26.2. The Labute approximate surface area is 501 Å². The number of hydrogen-bond acceptors (Lipinski definition) is 9. The lowest BCUT2D eigenvalue weighted by Crippen LogP contribution is -2.42. The molecule has 1 amide bonds. The Morgan fingerprint density at radius 1 is 0.481 bits per heavy atom. The minimum atomic E-state index is -1.11. The van der Waals surface area contributed by atoms with Crippen LogP contribution in [0.2, 0.25) is 0 Å². The van der Waals surface area contributed by atoms with E-state index in [0.29, 0.717) is 24.9 Å². The summed E-state index contributed by atoms with van der Waals surface area (Å²) in [4.78, 5) is 73.4. The number of hydrogen-bond donors (Lipinski definition) is 3. The summed E-state index contributed by atoms with van der Waals surface area (Å²) in [5, 5.41) is 13.3. The lowest BCUT2D eigenvalue weighted by Gasteiger charge is -2.33. The molecule has 9 atom stereocenters. The summed E-state index contributed by atoms with van der Waals surface area (Å²) in [5.74, 6) is -7.93. The molecule has 0 spiro atoms. The van der Waals surface area contributed by atoms with E-state index in [0.717, 1.165) is 12.1 Å². The predicted molar refractivity (Wildman–Crippen MR) is 370 cm³/mol. The van der Waals surface area contributed by atoms with E-state index in [1.165, 1.54) is 5.56 Å². The zero-order chi connectivity index (χ0) is 40.7. The number of carboxylic acids is 1. The molecular weight excluding hydrogens is 989 g/mol. The molecule has 0 bridgehead atoms. The van der Waals surface area contributed by atoms with Gasteiger partial charge in [0.1, 0.15) is 0 Å². The van der Waals surface area contributed by atoms with Gasteiger partial charge in [0.25, 0.3) is 0 Å². The van der Waals surface area contributed by atoms with Crippen LogP contribution < -0.4 is 11.1 Å². The van der Waals surface area contributed by atoms with Gasteiger partial charge in [-0.3, -0.25) is 28.8 Å². The molecule has 4 N–H and O–H groups in total. The summed E-state index contributed by atoms with van der Waals surface area (Å²) in [7, 11) is 0. The Morgan fingerprint density at radius 3 is 1.03 bits per heavy atom. The molecule has 2 saturated heterocycles. The van der Waals surface area contributed by atoms with Crippen molar-refractivity contribution < 1.29 is 43.3 Å². The zero-order valence-electron chi connectivity index (χ0n) is 32.7. The first kappa shape index (κ1) is 146. The quantitative estimate of drug-likeness (QED) is 0.104. The van der Waals surface area contributed by atoms with Crippen molar-refractivity contribution in [2.75, 3.05) is 13.1 Å². The number of amides is 1. The van der Waals surface area contributed by atoms with Crippen LogP contribution >= 0.6 is 0 Å². The van der Waals surface area contributed by atoms with E-state index in [-0.39, 0.29) is 226 Å². The van der Waals surface area contributed by atoms with Crippen LogP contribution in [-0.2, 0) is 38.2 Å². The molecule has 488 valence electrons. The van der Waals surface area contributed by atoms with E-state index < -0.39 is 47.5 Å². The molecule has 11 nitrogen and oxygen atoms in total. The highest BCUT2D eigenvalue weighted by molar-refractivity contribution is 5.97. The SMILES string of the molecule is C.C.C.C.C.C.C.C.C.C.C.C.C.C.C.C.C.C.C.C.C.C.C.C.CC(CC1C(=O)OC(=O)C1C)c1ccccc1.CCN.CCNC(=O)C(CC(C)c1ccccc1)C(C(=O)O)C(CC1C(=O)OC(=O)C1C)c1ccccc1. The van der Waals surface area contributed by atoms with Crippen molar-refractivity contribution in [2.24, 2.45) is 41.2 Å². The smallest absolute Gasteiger partial charge is 0.317 e. The molecule has 2 aliphatic heterocycles. The van der Waals surface area contributed by atoms with Gasteiger partial charge in [-0.1, -0.05) is 304 Å². The van der Waals surface area contributed by atoms with Crippen molar-refractivity contribution in [3.63, 3.8) is 0 Å². The maximum Gasteiger partial charge on any atom is 0.317 e. The number of cyclic esters (lactones) is 4. The molecular formula is C68H152N2O9. The highest BCUT2D eigenvalue weighted by Gasteiger charge is 2.47. The van der Waals surface area contributed by atoms with Crippen molar-refractivity contribution in [3.8, 4) is 0 Å². The number of carbonyl (C=O) groups excluding carboxylic acids is 5. The molecule has 11 heteroatoms. The van der Waals surface area contributed by atoms with E-state index in [4.69, 9.17) is 10.5 Å². The van der Waals surface area contributed by atoms with Crippen LogP contribution in [-0.4, -0.2) is 53.9 Å². The first-order valence-electron chi connectivity index (χ1n) is 19.1. The maximum absolute atomic E-state index is 13.3. The Balaban J connectivity index is -0.0000000330. The van der Waals surface area contributed by atoms with Crippen molar-refractivity contribution in [1.82, 2.24) is 5.32 Å². The Morgan fingerprint density at radius 2 is 0.759 bits per heavy atom. The summed E-state index contributed by atoms with van der Waals surface area (Å²) in [6, 6.07) is 28.7. The number of rotatable bonds is 14. The summed E-state index contributed by atoms with van der Waals surface area (Å²) < 4.78 is 9.47. The number of nitrogens with two attached hydrogens (primary N) is 1. The van der Waals surface area contributed by atoms with Crippen molar-refractivity contribution in [2.45, 2.75) is 257 Å². The van der Waals surface area contributed by atoms with E-state index in [9.17, 15) is 33.9 Å². The summed E-state index contributed by atoms with van der Waals surface area (Å²) >= 11 is 0. The maximum atomic E-state index is 13.3. The topological polar surface area (TPSA) is 179 Å². The number of esters is 4. The molecule has 2 aliphatic rings. The third-order valence-electron chi connectivity index (χ3n) is 10.5. The second kappa shape index (κ2) is 72.8. The lowest BCUT2D eigenvalue weighted by atomic mass is 9.69. The van der Waals surface area contributed by atoms with E-state index in [2.05, 4.69) is 17.0 Å². The molecule has 0 saturated carbocycles. The summed E-state index contributed by atoms with van der Waals surface area (Å²) in [6.45, 7) is 12.2. The third kappa shape index (κ3) is 41.5. The highest BCUT2D eigenvalue weighted by atomic mass is 16.6. The lowest BCUT2D eigenvalue weighted by molar-refractivity contribution is -0.155. The van der Waals surface area contributed by atoms with E-state index >= 15 is 0 Å². The van der Waals surface area contributed by atoms with Crippen LogP contribution in [0.25, 0.3) is 0 Å². The van der Waals surface area contributed by atoms with E-state index in [1.807, 2.05) is 92.7 Å². The number of nitrogens with one attached hydrogen (secondary N) is 1.